The van der Waals surface area contributed by atoms with Crippen molar-refractivity contribution >= 4 is 12.0 Å². The van der Waals surface area contributed by atoms with E-state index in [-0.39, 0.29) is 0 Å². The van der Waals surface area contributed by atoms with Crippen LogP contribution in [0.3, 0.4) is 0 Å². The van der Waals surface area contributed by atoms with E-state index in [1.807, 2.05) is 12.1 Å². The normalized spacial score (nSPS) is 17.2. The lowest BCUT2D eigenvalue weighted by atomic mass is 10.1. The molecule has 114 valence electrons. The predicted molar refractivity (Wildman–Crippen MR) is 86.1 cm³/mol. The number of hydrogen-bond acceptors (Lipinski definition) is 2. The Balaban J connectivity index is 1.98. The summed E-state index contributed by atoms with van der Waals surface area (Å²) in [6.45, 7) is 0.930. The first-order chi connectivity index (χ1) is 10.1. The molecule has 3 heteroatoms. The fourth-order valence-corrected chi connectivity index (χ4v) is 3.08. The highest BCUT2D eigenvalue weighted by Gasteiger charge is 2.16. The van der Waals surface area contributed by atoms with Gasteiger partial charge in [0, 0.05) is 18.7 Å². The Kier molecular flexibility index (Phi) is 6.00. The van der Waals surface area contributed by atoms with Crippen LogP contribution in [0.2, 0.25) is 0 Å². The molecule has 0 bridgehead atoms. The zero-order valence-electron chi connectivity index (χ0n) is 12.8. The molecule has 1 aromatic carbocycles. The van der Waals surface area contributed by atoms with Crippen molar-refractivity contribution in [1.82, 2.24) is 4.90 Å². The molecule has 1 N–H and O–H groups in total. The Bertz CT molecular complexity index is 488. The van der Waals surface area contributed by atoms with Crippen molar-refractivity contribution in [3.05, 3.63) is 41.5 Å². The zero-order valence-corrected chi connectivity index (χ0v) is 12.8. The van der Waals surface area contributed by atoms with Crippen molar-refractivity contribution in [1.29, 1.82) is 0 Å². The number of hydrogen-bond donors (Lipinski definition) is 1. The number of carboxylic acid groups (broad SMARTS) is 1. The lowest BCUT2D eigenvalue weighted by Gasteiger charge is -2.27. The van der Waals surface area contributed by atoms with Gasteiger partial charge < -0.3 is 5.11 Å². The molecule has 1 aliphatic rings. The Morgan fingerprint density at radius 2 is 2.00 bits per heavy atom. The summed E-state index contributed by atoms with van der Waals surface area (Å²) in [5.74, 6) is -0.907. The molecular weight excluding hydrogens is 262 g/mol. The van der Waals surface area contributed by atoms with Gasteiger partial charge in [-0.05, 0) is 37.1 Å². The standard InChI is InChI=1S/C18H25NO2/c1-19(17-9-4-2-3-5-10-17)14-16-8-6-7-15(13-16)11-12-18(20)21/h6-8,11-13,17H,2-5,9-10,14H2,1H3,(H,20,21). The van der Waals surface area contributed by atoms with Gasteiger partial charge in [-0.3, -0.25) is 4.90 Å². The quantitative estimate of drug-likeness (QED) is 0.658. The summed E-state index contributed by atoms with van der Waals surface area (Å²) in [7, 11) is 2.20. The second kappa shape index (κ2) is 7.99. The van der Waals surface area contributed by atoms with Crippen molar-refractivity contribution in [3.8, 4) is 0 Å². The molecule has 21 heavy (non-hydrogen) atoms. The maximum atomic E-state index is 10.6. The molecule has 0 atom stereocenters. The van der Waals surface area contributed by atoms with Crippen LogP contribution in [0.1, 0.15) is 49.7 Å². The van der Waals surface area contributed by atoms with Gasteiger partial charge in [0.2, 0.25) is 0 Å². The van der Waals surface area contributed by atoms with Crippen LogP contribution in [-0.2, 0) is 11.3 Å². The van der Waals surface area contributed by atoms with Gasteiger partial charge in [0.25, 0.3) is 0 Å². The summed E-state index contributed by atoms with van der Waals surface area (Å²) in [5.41, 5.74) is 2.19. The number of carboxylic acids is 1. The second-order valence-electron chi connectivity index (χ2n) is 5.98. The van der Waals surface area contributed by atoms with Gasteiger partial charge in [0.1, 0.15) is 0 Å². The van der Waals surface area contributed by atoms with E-state index in [0.29, 0.717) is 6.04 Å². The summed E-state index contributed by atoms with van der Waals surface area (Å²) in [6.07, 6.45) is 10.9. The van der Waals surface area contributed by atoms with E-state index in [1.165, 1.54) is 50.2 Å². The number of carbonyl (C=O) groups is 1. The molecule has 0 heterocycles. The van der Waals surface area contributed by atoms with E-state index in [0.717, 1.165) is 12.1 Å². The Hall–Kier alpha value is -1.61. The van der Waals surface area contributed by atoms with Crippen LogP contribution in [0.5, 0.6) is 0 Å². The number of benzene rings is 1. The van der Waals surface area contributed by atoms with E-state index in [9.17, 15) is 4.79 Å². The van der Waals surface area contributed by atoms with Crippen LogP contribution in [0.15, 0.2) is 30.3 Å². The molecule has 0 unspecified atom stereocenters. The number of aliphatic carboxylic acids is 1. The van der Waals surface area contributed by atoms with E-state index in [4.69, 9.17) is 5.11 Å². The summed E-state index contributed by atoms with van der Waals surface area (Å²) in [6, 6.07) is 8.82. The van der Waals surface area contributed by atoms with E-state index >= 15 is 0 Å². The first kappa shape index (κ1) is 15.8. The van der Waals surface area contributed by atoms with Crippen LogP contribution in [0.25, 0.3) is 6.08 Å². The zero-order chi connectivity index (χ0) is 15.1. The molecular formula is C18H25NO2. The molecule has 0 saturated heterocycles. The van der Waals surface area contributed by atoms with Crippen molar-refractivity contribution in [2.45, 2.75) is 51.1 Å². The van der Waals surface area contributed by atoms with Crippen LogP contribution in [0, 0.1) is 0 Å². The summed E-state index contributed by atoms with van der Waals surface area (Å²) >= 11 is 0. The summed E-state index contributed by atoms with van der Waals surface area (Å²) in [5, 5.41) is 8.69. The van der Waals surface area contributed by atoms with Crippen LogP contribution in [-0.4, -0.2) is 29.1 Å². The minimum Gasteiger partial charge on any atom is -0.478 e. The monoisotopic (exact) mass is 287 g/mol. The van der Waals surface area contributed by atoms with Crippen molar-refractivity contribution in [2.75, 3.05) is 7.05 Å². The predicted octanol–water partition coefficient (Wildman–Crippen LogP) is 3.94. The van der Waals surface area contributed by atoms with Gasteiger partial charge in [0.15, 0.2) is 0 Å². The van der Waals surface area contributed by atoms with Crippen LogP contribution >= 0.6 is 0 Å². The van der Waals surface area contributed by atoms with Crippen molar-refractivity contribution in [3.63, 3.8) is 0 Å². The van der Waals surface area contributed by atoms with Gasteiger partial charge in [-0.25, -0.2) is 4.79 Å². The molecule has 1 saturated carbocycles. The first-order valence-electron chi connectivity index (χ1n) is 7.85. The van der Waals surface area contributed by atoms with E-state index in [1.54, 1.807) is 6.08 Å². The van der Waals surface area contributed by atoms with Crippen LogP contribution < -0.4 is 0 Å². The van der Waals surface area contributed by atoms with E-state index < -0.39 is 5.97 Å². The van der Waals surface area contributed by atoms with Crippen molar-refractivity contribution in [2.24, 2.45) is 0 Å². The highest BCUT2D eigenvalue weighted by Crippen LogP contribution is 2.22. The topological polar surface area (TPSA) is 40.5 Å². The minimum atomic E-state index is -0.907. The Morgan fingerprint density at radius 1 is 1.29 bits per heavy atom. The third-order valence-electron chi connectivity index (χ3n) is 4.25. The number of rotatable bonds is 5. The Morgan fingerprint density at radius 3 is 2.67 bits per heavy atom. The SMILES string of the molecule is CN(Cc1cccc(C=CC(=O)O)c1)C1CCCCCC1. The lowest BCUT2D eigenvalue weighted by Crippen LogP contribution is -2.30. The maximum absolute atomic E-state index is 10.6. The van der Waals surface area contributed by atoms with Gasteiger partial charge in [-0.1, -0.05) is 49.9 Å². The highest BCUT2D eigenvalue weighted by atomic mass is 16.4. The smallest absolute Gasteiger partial charge is 0.328 e. The number of nitrogens with zero attached hydrogens (tertiary/aromatic N) is 1. The van der Waals surface area contributed by atoms with Crippen LogP contribution in [0.4, 0.5) is 0 Å². The summed E-state index contributed by atoms with van der Waals surface area (Å²) in [4.78, 5) is 13.0. The molecule has 0 aliphatic heterocycles. The molecule has 3 nitrogen and oxygen atoms in total. The van der Waals surface area contributed by atoms with Gasteiger partial charge in [-0.15, -0.1) is 0 Å². The lowest BCUT2D eigenvalue weighted by molar-refractivity contribution is -0.131. The molecule has 0 aromatic heterocycles. The average molecular weight is 287 g/mol. The summed E-state index contributed by atoms with van der Waals surface area (Å²) < 4.78 is 0. The average Bonchev–Trinajstić information content (AvgIpc) is 2.74. The van der Waals surface area contributed by atoms with Gasteiger partial charge >= 0.3 is 5.97 Å². The molecule has 0 spiro atoms. The largest absolute Gasteiger partial charge is 0.478 e. The molecule has 0 radical (unpaired) electrons. The third-order valence-corrected chi connectivity index (χ3v) is 4.25. The second-order valence-corrected chi connectivity index (χ2v) is 5.98. The van der Waals surface area contributed by atoms with Gasteiger partial charge in [0.05, 0.1) is 0 Å². The van der Waals surface area contributed by atoms with Crippen molar-refractivity contribution < 1.29 is 9.90 Å². The highest BCUT2D eigenvalue weighted by molar-refractivity contribution is 5.85. The minimum absolute atomic E-state index is 0.686. The third kappa shape index (κ3) is 5.35. The fraction of sp³-hybridized carbons (Fsp3) is 0.500. The fourth-order valence-electron chi connectivity index (χ4n) is 3.08. The van der Waals surface area contributed by atoms with E-state index in [2.05, 4.69) is 24.1 Å². The molecule has 2 rings (SSSR count). The molecule has 1 aliphatic carbocycles. The maximum Gasteiger partial charge on any atom is 0.328 e. The van der Waals surface area contributed by atoms with Gasteiger partial charge in [-0.2, -0.15) is 0 Å². The Labute approximate surface area is 127 Å². The molecule has 0 amide bonds. The molecule has 1 fully saturated rings. The first-order valence-corrected chi connectivity index (χ1v) is 7.85. The molecule has 1 aromatic rings.